The largest absolute Gasteiger partial charge is 0.484 e. The number of hydrogen-bond acceptors (Lipinski definition) is 3. The van der Waals surface area contributed by atoms with Gasteiger partial charge in [-0.25, -0.2) is 0 Å². The van der Waals surface area contributed by atoms with Crippen LogP contribution in [0, 0.1) is 20.8 Å². The number of ether oxygens (including phenoxy) is 1. The van der Waals surface area contributed by atoms with Gasteiger partial charge < -0.3 is 15.0 Å². The summed E-state index contributed by atoms with van der Waals surface area (Å²) in [6.07, 6.45) is 1.36. The fourth-order valence-corrected chi connectivity index (χ4v) is 3.81. The molecule has 2 atom stereocenters. The first kappa shape index (κ1) is 25.9. The van der Waals surface area contributed by atoms with Crippen molar-refractivity contribution in [3.05, 3.63) is 63.1 Å². The van der Waals surface area contributed by atoms with E-state index in [0.29, 0.717) is 18.7 Å². The van der Waals surface area contributed by atoms with Crippen LogP contribution in [-0.4, -0.2) is 35.4 Å². The van der Waals surface area contributed by atoms with E-state index < -0.39 is 6.04 Å². The van der Waals surface area contributed by atoms with Gasteiger partial charge in [0.15, 0.2) is 6.61 Å². The molecule has 0 aliphatic carbocycles. The molecule has 6 heteroatoms. The maximum absolute atomic E-state index is 13.3. The molecule has 0 saturated heterocycles. The van der Waals surface area contributed by atoms with Crippen molar-refractivity contribution in [2.75, 3.05) is 6.61 Å². The van der Waals surface area contributed by atoms with Gasteiger partial charge in [-0.2, -0.15) is 0 Å². The van der Waals surface area contributed by atoms with E-state index >= 15 is 0 Å². The molecule has 2 rings (SSSR count). The van der Waals surface area contributed by atoms with Gasteiger partial charge in [0.25, 0.3) is 5.91 Å². The molecule has 0 bridgehead atoms. The van der Waals surface area contributed by atoms with Crippen molar-refractivity contribution in [2.24, 2.45) is 0 Å². The zero-order valence-electron chi connectivity index (χ0n) is 20.0. The highest BCUT2D eigenvalue weighted by Crippen LogP contribution is 2.26. The monoisotopic (exact) mass is 502 g/mol. The molecule has 2 aromatic carbocycles. The molecule has 0 aliphatic heterocycles. The summed E-state index contributed by atoms with van der Waals surface area (Å²) in [5.74, 6) is 0.304. The molecule has 32 heavy (non-hydrogen) atoms. The van der Waals surface area contributed by atoms with E-state index in [1.165, 1.54) is 0 Å². The number of hydrogen-bond donors (Lipinski definition) is 1. The molecule has 174 valence electrons. The molecule has 5 nitrogen and oxygen atoms in total. The average molecular weight is 503 g/mol. The van der Waals surface area contributed by atoms with Crippen LogP contribution in [0.4, 0.5) is 0 Å². The number of halogens is 1. The molecule has 0 saturated carbocycles. The van der Waals surface area contributed by atoms with Crippen LogP contribution in [0.1, 0.15) is 55.9 Å². The molecule has 0 aromatic heterocycles. The van der Waals surface area contributed by atoms with Crippen LogP contribution >= 0.6 is 15.9 Å². The molecular weight excluding hydrogens is 468 g/mol. The minimum absolute atomic E-state index is 0.0532. The number of benzene rings is 2. The van der Waals surface area contributed by atoms with Crippen molar-refractivity contribution in [1.82, 2.24) is 10.2 Å². The third-order valence-electron chi connectivity index (χ3n) is 5.59. The molecule has 0 heterocycles. The zero-order valence-corrected chi connectivity index (χ0v) is 21.6. The van der Waals surface area contributed by atoms with E-state index in [1.54, 1.807) is 4.90 Å². The second-order valence-electron chi connectivity index (χ2n) is 8.41. The number of aryl methyl sites for hydroxylation is 3. The summed E-state index contributed by atoms with van der Waals surface area (Å²) in [5.41, 5.74) is 4.19. The van der Waals surface area contributed by atoms with E-state index in [0.717, 1.165) is 33.1 Å². The molecule has 1 N–H and O–H groups in total. The van der Waals surface area contributed by atoms with Crippen molar-refractivity contribution < 1.29 is 14.3 Å². The van der Waals surface area contributed by atoms with E-state index in [1.807, 2.05) is 77.9 Å². The summed E-state index contributed by atoms with van der Waals surface area (Å²) in [6, 6.07) is 11.3. The van der Waals surface area contributed by atoms with E-state index in [-0.39, 0.29) is 24.5 Å². The smallest absolute Gasteiger partial charge is 0.261 e. The van der Waals surface area contributed by atoms with E-state index in [2.05, 4.69) is 21.2 Å². The lowest BCUT2D eigenvalue weighted by atomic mass is 10.1. The highest BCUT2D eigenvalue weighted by molar-refractivity contribution is 9.10. The summed E-state index contributed by atoms with van der Waals surface area (Å²) in [7, 11) is 0. The third kappa shape index (κ3) is 7.09. The average Bonchev–Trinajstić information content (AvgIpc) is 2.75. The molecule has 2 aromatic rings. The zero-order chi connectivity index (χ0) is 23.8. The van der Waals surface area contributed by atoms with Gasteiger partial charge in [0.2, 0.25) is 5.91 Å². The minimum atomic E-state index is -0.561. The predicted octanol–water partition coefficient (Wildman–Crippen LogP) is 5.48. The van der Waals surface area contributed by atoms with Gasteiger partial charge in [0, 0.05) is 17.1 Å². The Kier molecular flexibility index (Phi) is 9.76. The molecule has 0 spiro atoms. The number of amides is 2. The topological polar surface area (TPSA) is 58.6 Å². The van der Waals surface area contributed by atoms with Crippen LogP contribution in [0.15, 0.2) is 40.9 Å². The van der Waals surface area contributed by atoms with Gasteiger partial charge in [-0.15, -0.1) is 0 Å². The SMILES string of the molecule is CC[C@H](C)NC(=O)[C@H](CC)N(Cc1cccc(C)c1)C(=O)COc1cc(C)c(Br)c(C)c1. The van der Waals surface area contributed by atoms with E-state index in [9.17, 15) is 9.59 Å². The van der Waals surface area contributed by atoms with Gasteiger partial charge in [-0.3, -0.25) is 9.59 Å². The quantitative estimate of drug-likeness (QED) is 0.468. The fourth-order valence-electron chi connectivity index (χ4n) is 3.59. The Labute approximate surface area is 200 Å². The van der Waals surface area contributed by atoms with Crippen LogP contribution in [0.2, 0.25) is 0 Å². The number of carbonyl (C=O) groups is 2. The Morgan fingerprint density at radius 2 is 1.72 bits per heavy atom. The van der Waals surface area contributed by atoms with Crippen molar-refractivity contribution in [2.45, 2.75) is 73.0 Å². The molecule has 2 amide bonds. The van der Waals surface area contributed by atoms with Crippen LogP contribution in [0.5, 0.6) is 5.75 Å². The summed E-state index contributed by atoms with van der Waals surface area (Å²) in [5, 5.41) is 3.03. The van der Waals surface area contributed by atoms with Gasteiger partial charge in [0.05, 0.1) is 0 Å². The standard InChI is InChI=1S/C26H35BrN2O3/c1-7-20(6)28-26(31)23(8-2)29(15-21-11-9-10-17(3)12-21)24(30)16-32-22-13-18(4)25(27)19(5)14-22/h9-14,20,23H,7-8,15-16H2,1-6H3,(H,28,31)/t20-,23-/m0/s1. The Hall–Kier alpha value is -2.34. The first-order valence-corrected chi connectivity index (χ1v) is 12.0. The number of carbonyl (C=O) groups excluding carboxylic acids is 2. The lowest BCUT2D eigenvalue weighted by molar-refractivity contribution is -0.143. The molecule has 0 fully saturated rings. The van der Waals surface area contributed by atoms with Gasteiger partial charge in [0.1, 0.15) is 11.8 Å². The molecule has 0 unspecified atom stereocenters. The first-order valence-electron chi connectivity index (χ1n) is 11.2. The summed E-state index contributed by atoms with van der Waals surface area (Å²) < 4.78 is 6.89. The van der Waals surface area contributed by atoms with Crippen LogP contribution in [-0.2, 0) is 16.1 Å². The Morgan fingerprint density at radius 1 is 1.06 bits per heavy atom. The predicted molar refractivity (Wildman–Crippen MR) is 133 cm³/mol. The van der Waals surface area contributed by atoms with Gasteiger partial charge >= 0.3 is 0 Å². The second kappa shape index (κ2) is 12.0. The second-order valence-corrected chi connectivity index (χ2v) is 9.21. The summed E-state index contributed by atoms with van der Waals surface area (Å²) in [4.78, 5) is 28.0. The summed E-state index contributed by atoms with van der Waals surface area (Å²) in [6.45, 7) is 12.2. The first-order chi connectivity index (χ1) is 15.2. The Morgan fingerprint density at radius 3 is 2.28 bits per heavy atom. The Balaban J connectivity index is 2.25. The molecule has 0 aliphatic rings. The lowest BCUT2D eigenvalue weighted by Crippen LogP contribution is -2.51. The third-order valence-corrected chi connectivity index (χ3v) is 6.85. The molecule has 0 radical (unpaired) electrons. The minimum Gasteiger partial charge on any atom is -0.484 e. The maximum Gasteiger partial charge on any atom is 0.261 e. The number of nitrogens with zero attached hydrogens (tertiary/aromatic N) is 1. The van der Waals surface area contributed by atoms with Crippen molar-refractivity contribution in [1.29, 1.82) is 0 Å². The van der Waals surface area contributed by atoms with Crippen LogP contribution < -0.4 is 10.1 Å². The van der Waals surface area contributed by atoms with E-state index in [4.69, 9.17) is 4.74 Å². The van der Waals surface area contributed by atoms with Crippen LogP contribution in [0.3, 0.4) is 0 Å². The molecular formula is C26H35BrN2O3. The Bertz CT molecular complexity index is 921. The highest BCUT2D eigenvalue weighted by atomic mass is 79.9. The van der Waals surface area contributed by atoms with Crippen molar-refractivity contribution >= 4 is 27.7 Å². The number of rotatable bonds is 10. The lowest BCUT2D eigenvalue weighted by Gasteiger charge is -2.31. The van der Waals surface area contributed by atoms with Gasteiger partial charge in [-0.1, -0.05) is 59.6 Å². The van der Waals surface area contributed by atoms with Crippen LogP contribution in [0.25, 0.3) is 0 Å². The number of nitrogens with one attached hydrogen (secondary N) is 1. The van der Waals surface area contributed by atoms with Gasteiger partial charge in [-0.05, 0) is 69.4 Å². The fraction of sp³-hybridized carbons (Fsp3) is 0.462. The normalized spacial score (nSPS) is 12.7. The maximum atomic E-state index is 13.3. The van der Waals surface area contributed by atoms with Crippen molar-refractivity contribution in [3.8, 4) is 5.75 Å². The summed E-state index contributed by atoms with van der Waals surface area (Å²) >= 11 is 3.55. The highest BCUT2D eigenvalue weighted by Gasteiger charge is 2.29. The van der Waals surface area contributed by atoms with Crippen molar-refractivity contribution in [3.63, 3.8) is 0 Å².